The molecule has 2 heterocycles. The number of hydrogen-bond donors (Lipinski definition) is 2. The van der Waals surface area contributed by atoms with Gasteiger partial charge in [0.25, 0.3) is 5.91 Å². The van der Waals surface area contributed by atoms with Gasteiger partial charge in [-0.25, -0.2) is 9.97 Å². The van der Waals surface area contributed by atoms with Gasteiger partial charge in [-0.15, -0.1) is 0 Å². The molecule has 144 valence electrons. The number of ether oxygens (including phenoxy) is 1. The van der Waals surface area contributed by atoms with Gasteiger partial charge in [0.15, 0.2) is 0 Å². The van der Waals surface area contributed by atoms with E-state index in [0.717, 1.165) is 11.4 Å². The number of nitrogens with zero attached hydrogens (tertiary/aromatic N) is 3. The zero-order valence-corrected chi connectivity index (χ0v) is 16.2. The highest BCUT2D eigenvalue weighted by Crippen LogP contribution is 2.27. The summed E-state index contributed by atoms with van der Waals surface area (Å²) in [7, 11) is 0. The molecule has 0 radical (unpaired) electrons. The van der Waals surface area contributed by atoms with E-state index in [1.54, 1.807) is 17.0 Å². The summed E-state index contributed by atoms with van der Waals surface area (Å²) in [6.07, 6.45) is 0.0727. The Kier molecular flexibility index (Phi) is 5.60. The molecule has 0 atom stereocenters. The molecule has 1 aliphatic heterocycles. The second kappa shape index (κ2) is 7.92. The number of amides is 1. The number of carbonyl (C=O) groups excluding carboxylic acids is 1. The summed E-state index contributed by atoms with van der Waals surface area (Å²) in [5, 5.41) is 13.2. The molecule has 0 unspecified atom stereocenters. The molecular formula is C20H26N4O3. The van der Waals surface area contributed by atoms with Gasteiger partial charge in [0.05, 0.1) is 11.7 Å². The number of aromatic nitrogens is 2. The molecule has 7 heteroatoms. The average molecular weight is 370 g/mol. The molecule has 0 saturated carbocycles. The van der Waals surface area contributed by atoms with Gasteiger partial charge < -0.3 is 20.1 Å². The minimum Gasteiger partial charge on any atom is -0.507 e. The van der Waals surface area contributed by atoms with Crippen molar-refractivity contribution in [2.24, 2.45) is 5.92 Å². The van der Waals surface area contributed by atoms with E-state index < -0.39 is 0 Å². The van der Waals surface area contributed by atoms with E-state index >= 15 is 0 Å². The molecule has 3 rings (SSSR count). The van der Waals surface area contributed by atoms with Crippen LogP contribution in [0.1, 0.15) is 35.6 Å². The molecule has 1 aliphatic rings. The first-order valence-corrected chi connectivity index (χ1v) is 9.15. The predicted molar refractivity (Wildman–Crippen MR) is 103 cm³/mol. The van der Waals surface area contributed by atoms with Crippen molar-refractivity contribution in [3.8, 4) is 5.75 Å². The zero-order valence-electron chi connectivity index (χ0n) is 16.2. The fourth-order valence-electron chi connectivity index (χ4n) is 2.90. The van der Waals surface area contributed by atoms with Crippen molar-refractivity contribution in [3.63, 3.8) is 0 Å². The second-order valence-corrected chi connectivity index (χ2v) is 7.39. The van der Waals surface area contributed by atoms with Crippen LogP contribution in [0.2, 0.25) is 0 Å². The lowest BCUT2D eigenvalue weighted by Gasteiger charge is -2.39. The number of likely N-dealkylation sites (tertiary alicyclic amines) is 1. The highest BCUT2D eigenvalue weighted by molar-refractivity contribution is 5.98. The van der Waals surface area contributed by atoms with Gasteiger partial charge in [-0.2, -0.15) is 0 Å². The summed E-state index contributed by atoms with van der Waals surface area (Å²) in [5.74, 6) is 0.678. The quantitative estimate of drug-likeness (QED) is 0.760. The van der Waals surface area contributed by atoms with E-state index in [2.05, 4.69) is 29.1 Å². The maximum Gasteiger partial charge on any atom is 0.257 e. The van der Waals surface area contributed by atoms with Crippen molar-refractivity contribution >= 4 is 17.5 Å². The summed E-state index contributed by atoms with van der Waals surface area (Å²) < 4.78 is 5.73. The van der Waals surface area contributed by atoms with Crippen LogP contribution < -0.4 is 5.32 Å². The largest absolute Gasteiger partial charge is 0.507 e. The van der Waals surface area contributed by atoms with Crippen molar-refractivity contribution in [2.45, 2.75) is 33.8 Å². The van der Waals surface area contributed by atoms with Crippen molar-refractivity contribution in [1.29, 1.82) is 0 Å². The Morgan fingerprint density at radius 3 is 2.56 bits per heavy atom. The highest BCUT2D eigenvalue weighted by atomic mass is 16.5. The molecule has 1 amide bonds. The third-order valence-electron chi connectivity index (χ3n) is 4.27. The van der Waals surface area contributed by atoms with Crippen LogP contribution in [0.15, 0.2) is 24.3 Å². The molecule has 1 fully saturated rings. The third kappa shape index (κ3) is 4.74. The van der Waals surface area contributed by atoms with Crippen LogP contribution in [-0.2, 0) is 4.74 Å². The monoisotopic (exact) mass is 370 g/mol. The minimum absolute atomic E-state index is 0.0431. The second-order valence-electron chi connectivity index (χ2n) is 7.39. The van der Waals surface area contributed by atoms with Crippen LogP contribution in [-0.4, -0.2) is 51.7 Å². The minimum atomic E-state index is -0.207. The first-order chi connectivity index (χ1) is 12.8. The highest BCUT2D eigenvalue weighted by Gasteiger charge is 2.33. The van der Waals surface area contributed by atoms with E-state index in [1.807, 2.05) is 19.9 Å². The number of nitrogens with one attached hydrogen (secondary N) is 1. The molecular weight excluding hydrogens is 344 g/mol. The van der Waals surface area contributed by atoms with E-state index in [-0.39, 0.29) is 23.3 Å². The van der Waals surface area contributed by atoms with Gasteiger partial charge in [-0.05, 0) is 44.0 Å². The molecule has 1 aromatic carbocycles. The molecule has 0 spiro atoms. The molecule has 7 nitrogen and oxygen atoms in total. The number of benzene rings is 1. The molecule has 1 saturated heterocycles. The van der Waals surface area contributed by atoms with Gasteiger partial charge in [-0.3, -0.25) is 4.79 Å². The summed E-state index contributed by atoms with van der Waals surface area (Å²) in [4.78, 5) is 23.0. The fourth-order valence-corrected chi connectivity index (χ4v) is 2.90. The van der Waals surface area contributed by atoms with Gasteiger partial charge in [-0.1, -0.05) is 13.8 Å². The molecule has 0 aliphatic carbocycles. The molecule has 2 N–H and O–H groups in total. The molecule has 0 bridgehead atoms. The fraction of sp³-hybridized carbons (Fsp3) is 0.450. The normalized spacial score (nSPS) is 14.3. The third-order valence-corrected chi connectivity index (χ3v) is 4.27. The maximum atomic E-state index is 12.7. The van der Waals surface area contributed by atoms with Crippen LogP contribution in [0, 0.1) is 19.8 Å². The maximum absolute atomic E-state index is 12.7. The number of aromatic hydroxyl groups is 1. The Balaban J connectivity index is 1.68. The van der Waals surface area contributed by atoms with Crippen molar-refractivity contribution in [3.05, 3.63) is 41.2 Å². The topological polar surface area (TPSA) is 87.6 Å². The summed E-state index contributed by atoms with van der Waals surface area (Å²) in [5.41, 5.74) is 2.61. The van der Waals surface area contributed by atoms with E-state index in [0.29, 0.717) is 37.3 Å². The first kappa shape index (κ1) is 19.1. The predicted octanol–water partition coefficient (Wildman–Crippen LogP) is 3.04. The Morgan fingerprint density at radius 2 is 1.93 bits per heavy atom. The Hall–Kier alpha value is -2.67. The number of aryl methyl sites for hydroxylation is 2. The van der Waals surface area contributed by atoms with Gasteiger partial charge in [0.2, 0.25) is 5.95 Å². The van der Waals surface area contributed by atoms with Gasteiger partial charge in [0, 0.05) is 36.8 Å². The molecule has 27 heavy (non-hydrogen) atoms. The first-order valence-electron chi connectivity index (χ1n) is 9.15. The SMILES string of the molecule is Cc1cc(C)nc(Nc2ccc(O)c(C(=O)N3CC(OCC(C)C)C3)c2)n1. The summed E-state index contributed by atoms with van der Waals surface area (Å²) >= 11 is 0. The van der Waals surface area contributed by atoms with Crippen molar-refractivity contribution in [2.75, 3.05) is 25.0 Å². The number of rotatable bonds is 6. The number of carbonyl (C=O) groups is 1. The van der Waals surface area contributed by atoms with E-state index in [1.165, 1.54) is 6.07 Å². The summed E-state index contributed by atoms with van der Waals surface area (Å²) in [6.45, 7) is 9.76. The summed E-state index contributed by atoms with van der Waals surface area (Å²) in [6, 6.07) is 6.71. The number of phenols is 1. The van der Waals surface area contributed by atoms with Crippen LogP contribution in [0.5, 0.6) is 5.75 Å². The number of hydrogen-bond acceptors (Lipinski definition) is 6. The molecule has 2 aromatic rings. The standard InChI is InChI=1S/C20H26N4O3/c1-12(2)11-27-16-9-24(10-16)19(26)17-8-15(5-6-18(17)25)23-20-21-13(3)7-14(4)22-20/h5-8,12,16,25H,9-11H2,1-4H3,(H,21,22,23). The number of phenolic OH excluding ortho intramolecular Hbond substituents is 1. The Labute approximate surface area is 159 Å². The number of anilines is 2. The Bertz CT molecular complexity index is 812. The average Bonchev–Trinajstić information content (AvgIpc) is 2.53. The van der Waals surface area contributed by atoms with E-state index in [9.17, 15) is 9.90 Å². The van der Waals surface area contributed by atoms with E-state index in [4.69, 9.17) is 4.74 Å². The van der Waals surface area contributed by atoms with Crippen molar-refractivity contribution in [1.82, 2.24) is 14.9 Å². The van der Waals surface area contributed by atoms with Crippen LogP contribution >= 0.6 is 0 Å². The van der Waals surface area contributed by atoms with Crippen LogP contribution in [0.3, 0.4) is 0 Å². The Morgan fingerprint density at radius 1 is 1.26 bits per heavy atom. The van der Waals surface area contributed by atoms with Gasteiger partial charge in [0.1, 0.15) is 5.75 Å². The molecule has 1 aromatic heterocycles. The lowest BCUT2D eigenvalue weighted by Crippen LogP contribution is -2.55. The van der Waals surface area contributed by atoms with Crippen LogP contribution in [0.25, 0.3) is 0 Å². The smallest absolute Gasteiger partial charge is 0.257 e. The van der Waals surface area contributed by atoms with Crippen LogP contribution in [0.4, 0.5) is 11.6 Å². The zero-order chi connectivity index (χ0) is 19.6. The van der Waals surface area contributed by atoms with Gasteiger partial charge >= 0.3 is 0 Å². The van der Waals surface area contributed by atoms with Crippen molar-refractivity contribution < 1.29 is 14.6 Å². The lowest BCUT2D eigenvalue weighted by molar-refractivity contribution is -0.0506. The lowest BCUT2D eigenvalue weighted by atomic mass is 10.1.